The van der Waals surface area contributed by atoms with Crippen LogP contribution in [-0.4, -0.2) is 11.9 Å². The van der Waals surface area contributed by atoms with Crippen LogP contribution < -0.4 is 9.47 Å². The average Bonchev–Trinajstić information content (AvgIpc) is 2.70. The lowest BCUT2D eigenvalue weighted by molar-refractivity contribution is 0.0692. The second-order valence-electron chi connectivity index (χ2n) is 5.41. The maximum Gasteiger partial charge on any atom is 0.346 e. The van der Waals surface area contributed by atoms with Crippen molar-refractivity contribution in [3.8, 4) is 11.5 Å². The molecule has 28 heavy (non-hydrogen) atoms. The van der Waals surface area contributed by atoms with Gasteiger partial charge in [0.25, 0.3) is 0 Å². The molecule has 142 valence electrons. The van der Waals surface area contributed by atoms with Gasteiger partial charge < -0.3 is 9.47 Å². The van der Waals surface area contributed by atoms with Crippen molar-refractivity contribution in [3.63, 3.8) is 0 Å². The molecule has 3 aromatic carbocycles. The Morgan fingerprint density at radius 1 is 0.536 bits per heavy atom. The first-order chi connectivity index (χ1) is 13.4. The summed E-state index contributed by atoms with van der Waals surface area (Å²) in [6, 6.07) is 16.5. The zero-order valence-electron chi connectivity index (χ0n) is 13.9. The number of hydrogen-bond donors (Lipinski definition) is 0. The van der Waals surface area contributed by atoms with Gasteiger partial charge in [0, 0.05) is 0 Å². The summed E-state index contributed by atoms with van der Waals surface area (Å²) in [7, 11) is 0. The van der Waals surface area contributed by atoms with Gasteiger partial charge in [-0.05, 0) is 24.3 Å². The van der Waals surface area contributed by atoms with Crippen molar-refractivity contribution < 1.29 is 19.1 Å². The monoisotopic (exact) mass is 454 g/mol. The molecule has 0 aliphatic rings. The topological polar surface area (TPSA) is 52.6 Å². The number of esters is 2. The maximum atomic E-state index is 12.8. The molecule has 0 aromatic heterocycles. The highest BCUT2D eigenvalue weighted by Gasteiger charge is 2.31. The molecule has 3 aromatic rings. The van der Waals surface area contributed by atoms with Crippen LogP contribution in [0.5, 0.6) is 11.5 Å². The molecule has 0 radical (unpaired) electrons. The second kappa shape index (κ2) is 8.84. The summed E-state index contributed by atoms with van der Waals surface area (Å²) in [6.07, 6.45) is 0. The predicted octanol–water partition coefficient (Wildman–Crippen LogP) is 6.74. The second-order valence-corrected chi connectivity index (χ2v) is 6.92. The Balaban J connectivity index is 2.07. The molecular formula is C20H10Cl4O4. The van der Waals surface area contributed by atoms with Crippen molar-refractivity contribution in [2.45, 2.75) is 0 Å². The minimum absolute atomic E-state index is 0.176. The van der Waals surface area contributed by atoms with Crippen LogP contribution in [0.4, 0.5) is 0 Å². The highest BCUT2D eigenvalue weighted by molar-refractivity contribution is 6.54. The summed E-state index contributed by atoms with van der Waals surface area (Å²) in [4.78, 5) is 25.5. The largest absolute Gasteiger partial charge is 0.423 e. The minimum atomic E-state index is -0.934. The third-order valence-corrected chi connectivity index (χ3v) is 5.38. The first-order valence-corrected chi connectivity index (χ1v) is 9.31. The standard InChI is InChI=1S/C20H10Cl4O4/c21-15-13(19(25)27-11-7-3-1-4-8-11)14(16(22)18(24)17(15)23)20(26)28-12-9-5-2-6-10-12/h1-10H. The Hall–Kier alpha value is -2.24. The molecule has 0 unspecified atom stereocenters. The average molecular weight is 456 g/mol. The van der Waals surface area contributed by atoms with Crippen molar-refractivity contribution in [2.24, 2.45) is 0 Å². The van der Waals surface area contributed by atoms with E-state index in [4.69, 9.17) is 55.9 Å². The molecule has 0 N–H and O–H groups in total. The SMILES string of the molecule is O=C(Oc1ccccc1)c1c(Cl)c(Cl)c(Cl)c(Cl)c1C(=O)Oc1ccccc1. The number of benzene rings is 3. The summed E-state index contributed by atoms with van der Waals surface area (Å²) in [6.45, 7) is 0. The van der Waals surface area contributed by atoms with Crippen LogP contribution in [0.3, 0.4) is 0 Å². The highest BCUT2D eigenvalue weighted by Crippen LogP contribution is 2.42. The van der Waals surface area contributed by atoms with Crippen LogP contribution in [0.25, 0.3) is 0 Å². The minimum Gasteiger partial charge on any atom is -0.423 e. The lowest BCUT2D eigenvalue weighted by atomic mass is 10.1. The van der Waals surface area contributed by atoms with Crippen LogP contribution in [0.1, 0.15) is 20.7 Å². The van der Waals surface area contributed by atoms with Crippen molar-refractivity contribution >= 4 is 58.3 Å². The third kappa shape index (κ3) is 4.26. The number of halogens is 4. The molecule has 3 rings (SSSR count). The molecule has 0 aliphatic heterocycles. The quantitative estimate of drug-likeness (QED) is 0.189. The molecular weight excluding hydrogens is 446 g/mol. The fraction of sp³-hybridized carbons (Fsp3) is 0. The van der Waals surface area contributed by atoms with E-state index in [1.54, 1.807) is 60.7 Å². The van der Waals surface area contributed by atoms with E-state index in [0.29, 0.717) is 0 Å². The van der Waals surface area contributed by atoms with E-state index in [1.807, 2.05) is 0 Å². The van der Waals surface area contributed by atoms with E-state index in [9.17, 15) is 9.59 Å². The van der Waals surface area contributed by atoms with Crippen molar-refractivity contribution in [2.75, 3.05) is 0 Å². The van der Waals surface area contributed by atoms with Gasteiger partial charge >= 0.3 is 11.9 Å². The lowest BCUT2D eigenvalue weighted by Crippen LogP contribution is -2.19. The smallest absolute Gasteiger partial charge is 0.346 e. The number of hydrogen-bond acceptors (Lipinski definition) is 4. The Bertz CT molecular complexity index is 953. The van der Waals surface area contributed by atoms with E-state index in [-0.39, 0.29) is 42.7 Å². The van der Waals surface area contributed by atoms with Gasteiger partial charge in [-0.2, -0.15) is 0 Å². The number of carbonyl (C=O) groups is 2. The van der Waals surface area contributed by atoms with Gasteiger partial charge in [-0.3, -0.25) is 0 Å². The van der Waals surface area contributed by atoms with Gasteiger partial charge in [0.1, 0.15) is 11.5 Å². The van der Waals surface area contributed by atoms with E-state index in [2.05, 4.69) is 0 Å². The molecule has 8 heteroatoms. The molecule has 0 fully saturated rings. The molecule has 4 nitrogen and oxygen atoms in total. The fourth-order valence-corrected chi connectivity index (χ4v) is 3.32. The Morgan fingerprint density at radius 3 is 1.18 bits per heavy atom. The molecule has 0 aliphatic carbocycles. The van der Waals surface area contributed by atoms with Gasteiger partial charge in [0.2, 0.25) is 0 Å². The van der Waals surface area contributed by atoms with Crippen LogP contribution in [0.2, 0.25) is 20.1 Å². The zero-order chi connectivity index (χ0) is 20.3. The summed E-state index contributed by atoms with van der Waals surface area (Å²) in [5.74, 6) is -1.38. The molecule has 0 saturated carbocycles. The van der Waals surface area contributed by atoms with E-state index in [1.165, 1.54) is 0 Å². The first kappa shape index (κ1) is 20.5. The summed E-state index contributed by atoms with van der Waals surface area (Å²) >= 11 is 24.5. The van der Waals surface area contributed by atoms with E-state index >= 15 is 0 Å². The van der Waals surface area contributed by atoms with E-state index < -0.39 is 11.9 Å². The van der Waals surface area contributed by atoms with Crippen LogP contribution in [0, 0.1) is 0 Å². The maximum absolute atomic E-state index is 12.8. The summed E-state index contributed by atoms with van der Waals surface area (Å²) in [5.41, 5.74) is -0.684. The Morgan fingerprint density at radius 2 is 0.857 bits per heavy atom. The zero-order valence-corrected chi connectivity index (χ0v) is 16.9. The molecule has 0 saturated heterocycles. The van der Waals surface area contributed by atoms with Gasteiger partial charge in [0.05, 0.1) is 31.2 Å². The van der Waals surface area contributed by atoms with E-state index in [0.717, 1.165) is 0 Å². The molecule has 0 atom stereocenters. The molecule has 0 spiro atoms. The van der Waals surface area contributed by atoms with Gasteiger partial charge in [-0.25, -0.2) is 9.59 Å². The Kier molecular flexibility index (Phi) is 6.47. The molecule has 0 amide bonds. The summed E-state index contributed by atoms with van der Waals surface area (Å²) in [5, 5.41) is -0.886. The number of ether oxygens (including phenoxy) is 2. The van der Waals surface area contributed by atoms with Gasteiger partial charge in [-0.1, -0.05) is 82.8 Å². The van der Waals surface area contributed by atoms with Crippen LogP contribution >= 0.6 is 46.4 Å². The predicted molar refractivity (Wildman–Crippen MR) is 109 cm³/mol. The first-order valence-electron chi connectivity index (χ1n) is 7.80. The van der Waals surface area contributed by atoms with Crippen molar-refractivity contribution in [1.29, 1.82) is 0 Å². The summed E-state index contributed by atoms with van der Waals surface area (Å²) < 4.78 is 10.6. The van der Waals surface area contributed by atoms with Gasteiger partial charge in [0.15, 0.2) is 0 Å². The number of para-hydroxylation sites is 2. The van der Waals surface area contributed by atoms with Crippen molar-refractivity contribution in [1.82, 2.24) is 0 Å². The number of carbonyl (C=O) groups excluding carboxylic acids is 2. The number of rotatable bonds is 4. The normalized spacial score (nSPS) is 10.4. The Labute approximate surface area is 180 Å². The van der Waals surface area contributed by atoms with Crippen LogP contribution in [-0.2, 0) is 0 Å². The third-order valence-electron chi connectivity index (χ3n) is 3.58. The molecule has 0 bridgehead atoms. The lowest BCUT2D eigenvalue weighted by Gasteiger charge is -2.15. The van der Waals surface area contributed by atoms with Crippen LogP contribution in [0.15, 0.2) is 60.7 Å². The van der Waals surface area contributed by atoms with Gasteiger partial charge in [-0.15, -0.1) is 0 Å². The van der Waals surface area contributed by atoms with Crippen molar-refractivity contribution in [3.05, 3.63) is 91.9 Å². The highest BCUT2D eigenvalue weighted by atomic mass is 35.5. The fourth-order valence-electron chi connectivity index (χ4n) is 2.31. The molecule has 0 heterocycles.